The Kier molecular flexibility index (Phi) is 6.37. The van der Waals surface area contributed by atoms with E-state index in [9.17, 15) is 10.1 Å². The number of hydrogen-bond donors (Lipinski definition) is 1. The summed E-state index contributed by atoms with van der Waals surface area (Å²) < 4.78 is 1.55. The molecular formula is C9H17Cl2N5O2. The van der Waals surface area contributed by atoms with E-state index in [0.29, 0.717) is 5.82 Å². The van der Waals surface area contributed by atoms with Crippen LogP contribution in [0.5, 0.6) is 0 Å². The Bertz CT molecular complexity index is 404. The molecule has 1 aliphatic heterocycles. The molecule has 1 fully saturated rings. The van der Waals surface area contributed by atoms with Gasteiger partial charge in [0.2, 0.25) is 5.82 Å². The van der Waals surface area contributed by atoms with Gasteiger partial charge in [-0.1, -0.05) is 0 Å². The summed E-state index contributed by atoms with van der Waals surface area (Å²) in [6, 6.07) is 0.212. The third kappa shape index (κ3) is 3.24. The van der Waals surface area contributed by atoms with Crippen molar-refractivity contribution in [2.75, 3.05) is 18.0 Å². The number of rotatable bonds is 2. The summed E-state index contributed by atoms with van der Waals surface area (Å²) in [6.07, 6.45) is 3.02. The second-order valence-corrected chi connectivity index (χ2v) is 4.06. The first-order chi connectivity index (χ1) is 7.59. The normalized spacial score (nSPS) is 15.8. The van der Waals surface area contributed by atoms with Gasteiger partial charge in [0, 0.05) is 26.2 Å². The average molecular weight is 298 g/mol. The highest BCUT2D eigenvalue weighted by atomic mass is 35.5. The minimum absolute atomic E-state index is 0. The van der Waals surface area contributed by atoms with Gasteiger partial charge in [-0.25, -0.2) is 4.68 Å². The average Bonchev–Trinajstić information content (AvgIpc) is 2.62. The Morgan fingerprint density at radius 1 is 1.44 bits per heavy atom. The maximum absolute atomic E-state index is 10.8. The van der Waals surface area contributed by atoms with Crippen molar-refractivity contribution in [3.8, 4) is 0 Å². The summed E-state index contributed by atoms with van der Waals surface area (Å²) in [4.78, 5) is 12.4. The van der Waals surface area contributed by atoms with Crippen LogP contribution in [0.15, 0.2) is 6.20 Å². The topological polar surface area (TPSA) is 90.2 Å². The van der Waals surface area contributed by atoms with E-state index in [4.69, 9.17) is 5.73 Å². The van der Waals surface area contributed by atoms with Gasteiger partial charge in [-0.3, -0.25) is 10.1 Å². The molecular weight excluding hydrogens is 281 g/mol. The SMILES string of the molecule is Cl.Cl.Cn1ncc([N+](=O)[O-])c1N1CCC(N)CC1. The van der Waals surface area contributed by atoms with Crippen molar-refractivity contribution >= 4 is 36.3 Å². The molecule has 0 saturated carbocycles. The highest BCUT2D eigenvalue weighted by molar-refractivity contribution is 5.85. The molecule has 1 aromatic heterocycles. The number of nitro groups is 1. The minimum Gasteiger partial charge on any atom is -0.351 e. The van der Waals surface area contributed by atoms with Gasteiger partial charge >= 0.3 is 5.69 Å². The molecule has 0 spiro atoms. The van der Waals surface area contributed by atoms with Gasteiger partial charge in [0.15, 0.2) is 0 Å². The second kappa shape index (κ2) is 6.77. The summed E-state index contributed by atoms with van der Waals surface area (Å²) in [7, 11) is 1.72. The molecule has 0 aliphatic carbocycles. The van der Waals surface area contributed by atoms with E-state index >= 15 is 0 Å². The molecule has 0 aromatic carbocycles. The van der Waals surface area contributed by atoms with Gasteiger partial charge in [-0.05, 0) is 12.8 Å². The standard InChI is InChI=1S/C9H15N5O2.2ClH/c1-12-9(8(6-11-12)14(15)16)13-4-2-7(10)3-5-13;;/h6-7H,2-5,10H2,1H3;2*1H. The van der Waals surface area contributed by atoms with Crippen LogP contribution >= 0.6 is 24.8 Å². The fourth-order valence-corrected chi connectivity index (χ4v) is 2.03. The van der Waals surface area contributed by atoms with Gasteiger partial charge in [0.05, 0.1) is 4.92 Å². The number of halogens is 2. The Hall–Kier alpha value is -1.05. The van der Waals surface area contributed by atoms with E-state index in [1.54, 1.807) is 11.7 Å². The number of aryl methyl sites for hydroxylation is 1. The summed E-state index contributed by atoms with van der Waals surface area (Å²) in [5, 5.41) is 14.8. The second-order valence-electron chi connectivity index (χ2n) is 4.06. The zero-order valence-corrected chi connectivity index (χ0v) is 11.6. The smallest absolute Gasteiger partial charge is 0.331 e. The number of aromatic nitrogens is 2. The van der Waals surface area contributed by atoms with Crippen molar-refractivity contribution in [2.45, 2.75) is 18.9 Å². The lowest BCUT2D eigenvalue weighted by atomic mass is 10.1. The molecule has 9 heteroatoms. The molecule has 0 bridgehead atoms. The van der Waals surface area contributed by atoms with Crippen molar-refractivity contribution in [3.05, 3.63) is 16.3 Å². The van der Waals surface area contributed by atoms with Crippen LogP contribution in [0.3, 0.4) is 0 Å². The van der Waals surface area contributed by atoms with Crippen molar-refractivity contribution < 1.29 is 4.92 Å². The van der Waals surface area contributed by atoms with Crippen LogP contribution in [0.4, 0.5) is 11.5 Å². The van der Waals surface area contributed by atoms with Crippen LogP contribution in [0.1, 0.15) is 12.8 Å². The molecule has 104 valence electrons. The molecule has 0 radical (unpaired) electrons. The third-order valence-electron chi connectivity index (χ3n) is 2.92. The summed E-state index contributed by atoms with van der Waals surface area (Å²) in [6.45, 7) is 1.50. The summed E-state index contributed by atoms with van der Waals surface area (Å²) in [5.41, 5.74) is 5.87. The van der Waals surface area contributed by atoms with Gasteiger partial charge in [-0.2, -0.15) is 5.10 Å². The minimum atomic E-state index is -0.392. The first-order valence-corrected chi connectivity index (χ1v) is 5.26. The van der Waals surface area contributed by atoms with Gasteiger partial charge in [0.25, 0.3) is 0 Å². The van der Waals surface area contributed by atoms with Crippen molar-refractivity contribution in [1.82, 2.24) is 9.78 Å². The van der Waals surface area contributed by atoms with E-state index in [1.165, 1.54) is 6.20 Å². The largest absolute Gasteiger partial charge is 0.351 e. The molecule has 2 rings (SSSR count). The van der Waals surface area contributed by atoms with Crippen LogP contribution in [0.25, 0.3) is 0 Å². The summed E-state index contributed by atoms with van der Waals surface area (Å²) in [5.74, 6) is 0.580. The zero-order valence-electron chi connectivity index (χ0n) is 9.98. The molecule has 2 heterocycles. The number of piperidine rings is 1. The van der Waals surface area contributed by atoms with E-state index in [2.05, 4.69) is 5.10 Å². The van der Waals surface area contributed by atoms with E-state index in [1.807, 2.05) is 4.90 Å². The van der Waals surface area contributed by atoms with Gasteiger partial charge < -0.3 is 10.6 Å². The summed E-state index contributed by atoms with van der Waals surface area (Å²) >= 11 is 0. The Balaban J connectivity index is 0.00000144. The number of hydrogen-bond acceptors (Lipinski definition) is 5. The van der Waals surface area contributed by atoms with Crippen LogP contribution in [0, 0.1) is 10.1 Å². The fraction of sp³-hybridized carbons (Fsp3) is 0.667. The lowest BCUT2D eigenvalue weighted by Crippen LogP contribution is -2.40. The Morgan fingerprint density at radius 2 is 2.00 bits per heavy atom. The van der Waals surface area contributed by atoms with Gasteiger partial charge in [-0.15, -0.1) is 24.8 Å². The Morgan fingerprint density at radius 3 is 2.50 bits per heavy atom. The van der Waals surface area contributed by atoms with Crippen molar-refractivity contribution in [2.24, 2.45) is 12.8 Å². The Labute approximate surface area is 117 Å². The number of nitrogens with zero attached hydrogens (tertiary/aromatic N) is 4. The van der Waals surface area contributed by atoms with E-state index in [0.717, 1.165) is 25.9 Å². The van der Waals surface area contributed by atoms with E-state index < -0.39 is 4.92 Å². The lowest BCUT2D eigenvalue weighted by Gasteiger charge is -2.30. The lowest BCUT2D eigenvalue weighted by molar-refractivity contribution is -0.384. The number of nitrogens with two attached hydrogens (primary N) is 1. The molecule has 1 saturated heterocycles. The first kappa shape index (κ1) is 16.9. The van der Waals surface area contributed by atoms with Crippen LogP contribution in [-0.4, -0.2) is 33.8 Å². The van der Waals surface area contributed by atoms with Crippen LogP contribution in [0.2, 0.25) is 0 Å². The monoisotopic (exact) mass is 297 g/mol. The maximum atomic E-state index is 10.8. The maximum Gasteiger partial charge on any atom is 0.331 e. The zero-order chi connectivity index (χ0) is 11.7. The molecule has 0 unspecified atom stereocenters. The van der Waals surface area contributed by atoms with Gasteiger partial charge in [0.1, 0.15) is 6.20 Å². The molecule has 18 heavy (non-hydrogen) atoms. The quantitative estimate of drug-likeness (QED) is 0.652. The highest BCUT2D eigenvalue weighted by Crippen LogP contribution is 2.28. The van der Waals surface area contributed by atoms with E-state index in [-0.39, 0.29) is 36.5 Å². The fourth-order valence-electron chi connectivity index (χ4n) is 2.03. The third-order valence-corrected chi connectivity index (χ3v) is 2.92. The first-order valence-electron chi connectivity index (χ1n) is 5.26. The predicted molar refractivity (Wildman–Crippen MR) is 73.8 cm³/mol. The molecule has 2 N–H and O–H groups in total. The molecule has 0 amide bonds. The molecule has 1 aromatic rings. The predicted octanol–water partition coefficient (Wildman–Crippen LogP) is 1.10. The molecule has 7 nitrogen and oxygen atoms in total. The van der Waals surface area contributed by atoms with Crippen LogP contribution in [-0.2, 0) is 7.05 Å². The molecule has 0 atom stereocenters. The van der Waals surface area contributed by atoms with Crippen LogP contribution < -0.4 is 10.6 Å². The highest BCUT2D eigenvalue weighted by Gasteiger charge is 2.27. The van der Waals surface area contributed by atoms with Crippen molar-refractivity contribution in [3.63, 3.8) is 0 Å². The number of anilines is 1. The molecule has 1 aliphatic rings. The van der Waals surface area contributed by atoms with Crippen molar-refractivity contribution in [1.29, 1.82) is 0 Å².